The monoisotopic (exact) mass is 359 g/mol. The predicted molar refractivity (Wildman–Crippen MR) is 95.9 cm³/mol. The molecule has 9 nitrogen and oxygen atoms in total. The first kappa shape index (κ1) is 18.2. The summed E-state index contributed by atoms with van der Waals surface area (Å²) in [5.41, 5.74) is 0.435. The Balaban J connectivity index is 1.59. The largest absolute Gasteiger partial charge is 0.385 e. The third-order valence-corrected chi connectivity index (χ3v) is 4.42. The van der Waals surface area contributed by atoms with Gasteiger partial charge in [-0.1, -0.05) is 0 Å². The van der Waals surface area contributed by atoms with E-state index in [9.17, 15) is 4.79 Å². The lowest BCUT2D eigenvalue weighted by atomic mass is 10.2. The Bertz CT molecular complexity index is 710. The van der Waals surface area contributed by atoms with E-state index in [1.165, 1.54) is 0 Å². The molecule has 0 aromatic carbocycles. The fraction of sp³-hybridized carbons (Fsp3) is 0.588. The lowest BCUT2D eigenvalue weighted by Gasteiger charge is -2.16. The molecule has 0 aliphatic carbocycles. The van der Waals surface area contributed by atoms with Gasteiger partial charge in [-0.05, 0) is 26.2 Å². The number of nitrogens with one attached hydrogen (secondary N) is 1. The van der Waals surface area contributed by atoms with Crippen molar-refractivity contribution in [2.75, 3.05) is 31.7 Å². The minimum Gasteiger partial charge on any atom is -0.385 e. The summed E-state index contributed by atoms with van der Waals surface area (Å²) in [6.07, 6.45) is 8.00. The van der Waals surface area contributed by atoms with E-state index in [-0.39, 0.29) is 11.9 Å². The van der Waals surface area contributed by atoms with Crippen molar-refractivity contribution < 1.29 is 9.53 Å². The summed E-state index contributed by atoms with van der Waals surface area (Å²) >= 11 is 0. The van der Waals surface area contributed by atoms with Crippen LogP contribution in [0, 0.1) is 0 Å². The van der Waals surface area contributed by atoms with Gasteiger partial charge >= 0.3 is 0 Å². The van der Waals surface area contributed by atoms with E-state index >= 15 is 0 Å². The van der Waals surface area contributed by atoms with Gasteiger partial charge in [0, 0.05) is 45.7 Å². The van der Waals surface area contributed by atoms with Crippen molar-refractivity contribution in [3.63, 3.8) is 0 Å². The normalized spacial score (nSPS) is 15.2. The van der Waals surface area contributed by atoms with Gasteiger partial charge in [0.1, 0.15) is 6.33 Å². The first-order valence-corrected chi connectivity index (χ1v) is 8.93. The van der Waals surface area contributed by atoms with E-state index in [1.54, 1.807) is 25.8 Å². The number of carbonyl (C=O) groups excluding carboxylic acids is 1. The molecule has 0 saturated carbocycles. The van der Waals surface area contributed by atoms with Crippen LogP contribution in [0.4, 0.5) is 5.95 Å². The van der Waals surface area contributed by atoms with Gasteiger partial charge in [-0.3, -0.25) is 4.79 Å². The summed E-state index contributed by atoms with van der Waals surface area (Å²) in [7, 11) is 1.67. The zero-order valence-electron chi connectivity index (χ0n) is 15.3. The summed E-state index contributed by atoms with van der Waals surface area (Å²) < 4.78 is 7.00. The van der Waals surface area contributed by atoms with Crippen LogP contribution in [0.5, 0.6) is 0 Å². The topological polar surface area (TPSA) is 98.1 Å². The molecule has 3 heterocycles. The van der Waals surface area contributed by atoms with Crippen molar-refractivity contribution in [2.24, 2.45) is 0 Å². The van der Waals surface area contributed by atoms with E-state index in [0.29, 0.717) is 23.9 Å². The molecule has 1 fully saturated rings. The molecular weight excluding hydrogens is 334 g/mol. The van der Waals surface area contributed by atoms with Crippen molar-refractivity contribution in [3.05, 3.63) is 30.1 Å². The molecule has 1 aliphatic rings. The Morgan fingerprint density at radius 3 is 2.73 bits per heavy atom. The van der Waals surface area contributed by atoms with Crippen LogP contribution in [0.3, 0.4) is 0 Å². The number of methoxy groups -OCH3 is 1. The van der Waals surface area contributed by atoms with Gasteiger partial charge in [0.2, 0.25) is 5.95 Å². The number of carbonyl (C=O) groups is 1. The third-order valence-electron chi connectivity index (χ3n) is 4.42. The van der Waals surface area contributed by atoms with Gasteiger partial charge in [0.25, 0.3) is 5.91 Å². The Morgan fingerprint density at radius 2 is 2.04 bits per heavy atom. The number of aromatic nitrogens is 5. The molecule has 0 bridgehead atoms. The van der Waals surface area contributed by atoms with Crippen LogP contribution in [-0.2, 0) is 11.3 Å². The summed E-state index contributed by atoms with van der Waals surface area (Å²) in [5, 5.41) is 11.0. The zero-order chi connectivity index (χ0) is 18.4. The van der Waals surface area contributed by atoms with E-state index in [2.05, 4.69) is 30.4 Å². The standard InChI is InChI=1S/C17H25N7O2/c1-13(15-22-20-12-24(15)8-5-9-26-2)21-16(25)14-10-18-17(19-11-14)23-6-3-4-7-23/h10-13H,3-9H2,1-2H3,(H,21,25)/t13-/m0/s1. The predicted octanol–water partition coefficient (Wildman–Crippen LogP) is 1.20. The minimum absolute atomic E-state index is 0.225. The van der Waals surface area contributed by atoms with Crippen molar-refractivity contribution in [2.45, 2.75) is 38.8 Å². The van der Waals surface area contributed by atoms with Gasteiger partial charge in [-0.15, -0.1) is 10.2 Å². The average molecular weight is 359 g/mol. The molecule has 1 N–H and O–H groups in total. The highest BCUT2D eigenvalue weighted by molar-refractivity contribution is 5.93. The van der Waals surface area contributed by atoms with Gasteiger partial charge in [0.15, 0.2) is 5.82 Å². The number of hydrogen-bond donors (Lipinski definition) is 1. The molecule has 1 aliphatic heterocycles. The van der Waals surface area contributed by atoms with Crippen molar-refractivity contribution >= 4 is 11.9 Å². The Morgan fingerprint density at radius 1 is 1.31 bits per heavy atom. The molecule has 0 unspecified atom stereocenters. The second-order valence-corrected chi connectivity index (χ2v) is 6.39. The summed E-state index contributed by atoms with van der Waals surface area (Å²) in [6.45, 7) is 5.24. The smallest absolute Gasteiger partial charge is 0.255 e. The van der Waals surface area contributed by atoms with Gasteiger partial charge in [-0.2, -0.15) is 0 Å². The highest BCUT2D eigenvalue weighted by atomic mass is 16.5. The summed E-state index contributed by atoms with van der Waals surface area (Å²) in [4.78, 5) is 23.3. The molecule has 9 heteroatoms. The van der Waals surface area contributed by atoms with Crippen LogP contribution in [0.15, 0.2) is 18.7 Å². The number of amides is 1. The molecule has 26 heavy (non-hydrogen) atoms. The maximum absolute atomic E-state index is 12.5. The number of ether oxygens (including phenoxy) is 1. The highest BCUT2D eigenvalue weighted by Gasteiger charge is 2.19. The molecule has 2 aromatic rings. The fourth-order valence-electron chi connectivity index (χ4n) is 3.01. The number of anilines is 1. The molecule has 0 radical (unpaired) electrons. The van der Waals surface area contributed by atoms with Gasteiger partial charge < -0.3 is 19.5 Å². The molecular formula is C17H25N7O2. The lowest BCUT2D eigenvalue weighted by Crippen LogP contribution is -2.29. The highest BCUT2D eigenvalue weighted by Crippen LogP contribution is 2.15. The summed E-state index contributed by atoms with van der Waals surface area (Å²) in [5.74, 6) is 1.17. The first-order chi connectivity index (χ1) is 12.7. The van der Waals surface area contributed by atoms with Crippen LogP contribution in [0.2, 0.25) is 0 Å². The van der Waals surface area contributed by atoms with Crippen LogP contribution in [0.25, 0.3) is 0 Å². The van der Waals surface area contributed by atoms with Crippen molar-refractivity contribution in [1.82, 2.24) is 30.0 Å². The summed E-state index contributed by atoms with van der Waals surface area (Å²) in [6, 6.07) is -0.272. The molecule has 2 aromatic heterocycles. The average Bonchev–Trinajstić information content (AvgIpc) is 3.34. The van der Waals surface area contributed by atoms with E-state index in [4.69, 9.17) is 4.74 Å². The van der Waals surface area contributed by atoms with E-state index in [0.717, 1.165) is 38.9 Å². The third kappa shape index (κ3) is 4.34. The maximum atomic E-state index is 12.5. The Kier molecular flexibility index (Phi) is 6.11. The zero-order valence-corrected chi connectivity index (χ0v) is 15.3. The van der Waals surface area contributed by atoms with Crippen LogP contribution < -0.4 is 10.2 Å². The van der Waals surface area contributed by atoms with Gasteiger partial charge in [0.05, 0.1) is 11.6 Å². The van der Waals surface area contributed by atoms with Gasteiger partial charge in [-0.25, -0.2) is 9.97 Å². The number of aryl methyl sites for hydroxylation is 1. The second kappa shape index (κ2) is 8.70. The molecule has 0 spiro atoms. The Hall–Kier alpha value is -2.55. The quantitative estimate of drug-likeness (QED) is 0.707. The van der Waals surface area contributed by atoms with Crippen molar-refractivity contribution in [3.8, 4) is 0 Å². The molecule has 1 atom stereocenters. The molecule has 1 amide bonds. The number of rotatable bonds is 8. The molecule has 1 saturated heterocycles. The van der Waals surface area contributed by atoms with Crippen LogP contribution >= 0.6 is 0 Å². The van der Waals surface area contributed by atoms with Crippen LogP contribution in [-0.4, -0.2) is 57.4 Å². The number of nitrogens with zero attached hydrogens (tertiary/aromatic N) is 6. The Labute approximate surface area is 152 Å². The lowest BCUT2D eigenvalue weighted by molar-refractivity contribution is 0.0936. The minimum atomic E-state index is -0.272. The maximum Gasteiger partial charge on any atom is 0.255 e. The molecule has 140 valence electrons. The number of hydrogen-bond acceptors (Lipinski definition) is 7. The van der Waals surface area contributed by atoms with E-state index in [1.807, 2.05) is 11.5 Å². The SMILES string of the molecule is COCCCn1cnnc1[C@H](C)NC(=O)c1cnc(N2CCCC2)nc1. The van der Waals surface area contributed by atoms with E-state index < -0.39 is 0 Å². The van der Waals surface area contributed by atoms with Crippen LogP contribution in [0.1, 0.15) is 48.4 Å². The first-order valence-electron chi connectivity index (χ1n) is 8.93. The van der Waals surface area contributed by atoms with Crippen molar-refractivity contribution in [1.29, 1.82) is 0 Å². The second-order valence-electron chi connectivity index (χ2n) is 6.39. The molecule has 3 rings (SSSR count). The fourth-order valence-corrected chi connectivity index (χ4v) is 3.01.